The fourth-order valence-electron chi connectivity index (χ4n) is 13.3. The Hall–Kier alpha value is -6.66. The van der Waals surface area contributed by atoms with E-state index >= 15 is 0 Å². The molecule has 8 aliphatic carbocycles. The van der Waals surface area contributed by atoms with Crippen LogP contribution in [0.1, 0.15) is 94.6 Å². The number of carbonyl (C=O) groups excluding carboxylic acids is 3. The van der Waals surface area contributed by atoms with Crippen molar-refractivity contribution in [3.8, 4) is 0 Å². The second-order valence-corrected chi connectivity index (χ2v) is 22.7. The van der Waals surface area contributed by atoms with Crippen molar-refractivity contribution in [3.05, 3.63) is 138 Å². The number of benzene rings is 3. The zero-order valence-corrected chi connectivity index (χ0v) is 43.9. The van der Waals surface area contributed by atoms with Gasteiger partial charge in [0.05, 0.1) is 6.42 Å². The van der Waals surface area contributed by atoms with Gasteiger partial charge in [0.15, 0.2) is 16.7 Å². The van der Waals surface area contributed by atoms with Gasteiger partial charge < -0.3 is 24.7 Å². The molecule has 4 N–H and O–H groups in total. The van der Waals surface area contributed by atoms with Gasteiger partial charge in [0.2, 0.25) is 17.7 Å². The molecule has 6 aromatic heterocycles. The molecule has 0 atom stereocenters. The summed E-state index contributed by atoms with van der Waals surface area (Å²) in [7, 11) is 0. The van der Waals surface area contributed by atoms with E-state index in [2.05, 4.69) is 29.9 Å². The van der Waals surface area contributed by atoms with Crippen LogP contribution in [-0.2, 0) is 17.6 Å². The van der Waals surface area contributed by atoms with Crippen molar-refractivity contribution in [3.63, 3.8) is 0 Å². The Morgan fingerprint density at radius 2 is 0.935 bits per heavy atom. The average Bonchev–Trinajstić information content (AvgIpc) is 4.28. The number of halogens is 3. The topological polar surface area (TPSA) is 235 Å². The van der Waals surface area contributed by atoms with E-state index < -0.39 is 0 Å². The first-order valence-electron chi connectivity index (χ1n) is 26.0. The van der Waals surface area contributed by atoms with Crippen molar-refractivity contribution in [2.75, 3.05) is 5.73 Å². The summed E-state index contributed by atoms with van der Waals surface area (Å²) in [6.45, 7) is 0. The van der Waals surface area contributed by atoms with Crippen LogP contribution in [0.2, 0.25) is 15.1 Å². The molecule has 8 saturated carbocycles. The van der Waals surface area contributed by atoms with Gasteiger partial charge in [-0.1, -0.05) is 42.2 Å². The lowest BCUT2D eigenvalue weighted by atomic mass is 9.51. The van der Waals surface area contributed by atoms with Gasteiger partial charge in [-0.2, -0.15) is 4.98 Å². The lowest BCUT2D eigenvalue weighted by molar-refractivity contribution is -0.123. The number of rotatable bonds is 6. The number of carbonyl (C=O) groups is 3. The number of nitrogen functional groups attached to an aromatic ring is 1. The summed E-state index contributed by atoms with van der Waals surface area (Å²) in [4.78, 5) is 59.7. The third-order valence-electron chi connectivity index (χ3n) is 16.2. The molecule has 0 spiro atoms. The number of aromatic nitrogens is 9. The molecule has 77 heavy (non-hydrogen) atoms. The fourth-order valence-corrected chi connectivity index (χ4v) is 13.8. The van der Waals surface area contributed by atoms with Crippen LogP contribution in [0, 0.1) is 53.3 Å². The number of fused-ring (bicyclic) bond motifs is 3. The number of ketones is 1. The molecule has 0 unspecified atom stereocenters. The van der Waals surface area contributed by atoms with E-state index in [0.29, 0.717) is 79.4 Å². The highest BCUT2D eigenvalue weighted by Crippen LogP contribution is 2.57. The van der Waals surface area contributed by atoms with Crippen LogP contribution in [0.25, 0.3) is 33.3 Å². The fraction of sp³-hybridized carbons (Fsp3) is 0.421. The van der Waals surface area contributed by atoms with E-state index in [0.717, 1.165) is 52.9 Å². The SMILES string of the molecule is C.NC1C2CC3CC(C2)CC1C3.Nc1nc2cc(Cl)ccc2o1.O=C(Cc1nc2cc(Cl)ccc2o1)CC1C2CC3CC(C2)CC1C3.O=C(Cc1nc2cc(Cl)ccc2o1)n1ccnc1.O=C(n1ccnc1)n1ccnc1. The Morgan fingerprint density at radius 3 is 1.38 bits per heavy atom. The van der Waals surface area contributed by atoms with Crippen molar-refractivity contribution in [2.45, 2.75) is 96.9 Å². The van der Waals surface area contributed by atoms with Crippen molar-refractivity contribution < 1.29 is 27.6 Å². The molecule has 6 heterocycles. The first-order chi connectivity index (χ1) is 36.8. The molecule has 17 nitrogen and oxygen atoms in total. The molecule has 9 aromatic rings. The molecule has 8 fully saturated rings. The molecule has 17 rings (SSSR count). The maximum absolute atomic E-state index is 12.6. The van der Waals surface area contributed by atoms with Crippen LogP contribution in [0.15, 0.2) is 124 Å². The maximum Gasteiger partial charge on any atom is 0.338 e. The molecule has 20 heteroatoms. The highest BCUT2D eigenvalue weighted by atomic mass is 35.5. The Balaban J connectivity index is 0.000000113. The number of hydrogen-bond acceptors (Lipinski definition) is 14. The summed E-state index contributed by atoms with van der Waals surface area (Å²) in [6, 6.07) is 16.3. The molecular weight excluding hydrogens is 1040 g/mol. The Kier molecular flexibility index (Phi) is 16.4. The normalized spacial score (nSPS) is 24.9. The number of Topliss-reactive ketones (excluding diaryl/α,β-unsaturated/α-hetero) is 1. The van der Waals surface area contributed by atoms with E-state index in [1.54, 1.807) is 92.1 Å². The average molecular weight is 1100 g/mol. The molecule has 8 aliphatic rings. The minimum Gasteiger partial charge on any atom is -0.440 e. The minimum atomic E-state index is -0.190. The maximum atomic E-state index is 12.6. The lowest BCUT2D eigenvalue weighted by Crippen LogP contribution is -2.52. The van der Waals surface area contributed by atoms with E-state index in [1.807, 2.05) is 6.07 Å². The molecular formula is C57H62Cl3N11O6. The summed E-state index contributed by atoms with van der Waals surface area (Å²) in [5.41, 5.74) is 15.5. The predicted octanol–water partition coefficient (Wildman–Crippen LogP) is 12.7. The molecule has 0 radical (unpaired) electrons. The number of nitrogens with zero attached hydrogens (tertiary/aromatic N) is 9. The van der Waals surface area contributed by atoms with Gasteiger partial charge >= 0.3 is 6.03 Å². The molecule has 402 valence electrons. The number of anilines is 1. The summed E-state index contributed by atoms with van der Waals surface area (Å²) < 4.78 is 20.4. The van der Waals surface area contributed by atoms with Crippen LogP contribution in [0.5, 0.6) is 0 Å². The third kappa shape index (κ3) is 12.7. The second-order valence-electron chi connectivity index (χ2n) is 21.4. The number of imidazole rings is 3. The summed E-state index contributed by atoms with van der Waals surface area (Å²) in [5, 5.41) is 1.86. The third-order valence-corrected chi connectivity index (χ3v) is 16.9. The summed E-state index contributed by atoms with van der Waals surface area (Å²) in [6.07, 6.45) is 29.2. The van der Waals surface area contributed by atoms with E-state index in [4.69, 9.17) is 59.5 Å². The highest BCUT2D eigenvalue weighted by Gasteiger charge is 2.49. The minimum absolute atomic E-state index is 0. The standard InChI is InChI=1S/C20H22ClNO2.C12H8ClN3O2.C10H17N.C7H5ClN2O.C7H6N4O.CH4/c21-15-1-2-19-18(8-15)22-20(24-19)10-16(23)9-17-13-4-11-3-12(6-13)7-14(17)5-11;13-8-1-2-10-9(5-8)15-11(18-10)6-12(17)16-4-3-14-7-16;11-10-8-2-6-1-7(4-8)5-9(10)3-6;8-4-1-2-6-5(3-4)10-7(9)11-6;12-7(10-3-1-8-5-10)11-4-2-9-6-11;/h1-2,8,11-14,17H,3-7,9-10H2;1-5,7H,6H2;6-10H,1-5,11H2;1-3H,(H2,9,10);1-6H;1H4. The van der Waals surface area contributed by atoms with Crippen LogP contribution >= 0.6 is 34.8 Å². The Bertz CT molecular complexity index is 3350. The van der Waals surface area contributed by atoms with E-state index in [1.165, 1.54) is 90.5 Å². The number of oxazole rings is 3. The molecule has 8 bridgehead atoms. The predicted molar refractivity (Wildman–Crippen MR) is 294 cm³/mol. The molecule has 0 amide bonds. The smallest absolute Gasteiger partial charge is 0.338 e. The van der Waals surface area contributed by atoms with Gasteiger partial charge in [-0.25, -0.2) is 29.7 Å². The van der Waals surface area contributed by atoms with E-state index in [-0.39, 0.29) is 37.6 Å². The largest absolute Gasteiger partial charge is 0.440 e. The van der Waals surface area contributed by atoms with Crippen molar-refractivity contribution in [1.82, 2.24) is 43.6 Å². The van der Waals surface area contributed by atoms with E-state index in [9.17, 15) is 14.4 Å². The molecule has 3 aromatic carbocycles. The van der Waals surface area contributed by atoms with Gasteiger partial charge in [0, 0.05) is 64.7 Å². The van der Waals surface area contributed by atoms with Crippen molar-refractivity contribution in [1.29, 1.82) is 0 Å². The van der Waals surface area contributed by atoms with Gasteiger partial charge in [0.1, 0.15) is 47.7 Å². The summed E-state index contributed by atoms with van der Waals surface area (Å²) >= 11 is 17.5. The zero-order valence-electron chi connectivity index (χ0n) is 41.6. The van der Waals surface area contributed by atoms with Gasteiger partial charge in [-0.3, -0.25) is 23.3 Å². The Labute approximate surface area is 460 Å². The van der Waals surface area contributed by atoms with Gasteiger partial charge in [-0.05, 0) is 172 Å². The number of nitrogens with two attached hydrogens (primary N) is 2. The molecule has 0 aliphatic heterocycles. The van der Waals surface area contributed by atoms with Gasteiger partial charge in [-0.15, -0.1) is 0 Å². The number of hydrogen-bond donors (Lipinski definition) is 2. The lowest BCUT2D eigenvalue weighted by Gasteiger charge is -2.54. The first kappa shape index (κ1) is 53.7. The monoisotopic (exact) mass is 1100 g/mol. The van der Waals surface area contributed by atoms with Crippen LogP contribution in [-0.4, -0.2) is 67.4 Å². The van der Waals surface area contributed by atoms with Gasteiger partial charge in [0.25, 0.3) is 6.01 Å². The summed E-state index contributed by atoms with van der Waals surface area (Å²) in [5.74, 6) is 9.17. The highest BCUT2D eigenvalue weighted by molar-refractivity contribution is 6.31. The van der Waals surface area contributed by atoms with Crippen molar-refractivity contribution in [2.24, 2.45) is 59.0 Å². The zero-order chi connectivity index (χ0) is 52.5. The first-order valence-corrected chi connectivity index (χ1v) is 27.2. The van der Waals surface area contributed by atoms with Crippen LogP contribution in [0.4, 0.5) is 10.8 Å². The van der Waals surface area contributed by atoms with Crippen LogP contribution < -0.4 is 11.5 Å². The Morgan fingerprint density at radius 1 is 0.532 bits per heavy atom. The van der Waals surface area contributed by atoms with Crippen molar-refractivity contribution >= 4 is 91.8 Å². The quantitative estimate of drug-likeness (QED) is 0.158. The second kappa shape index (κ2) is 23.5. The molecule has 0 saturated heterocycles. The van der Waals surface area contributed by atoms with Crippen LogP contribution in [0.3, 0.4) is 0 Å².